The van der Waals surface area contributed by atoms with Gasteiger partial charge in [0.15, 0.2) is 0 Å². The number of carboxylic acid groups (broad SMARTS) is 1. The van der Waals surface area contributed by atoms with Gasteiger partial charge in [-0.25, -0.2) is 4.79 Å². The Kier molecular flexibility index (Phi) is 8.70. The molecule has 0 bridgehead atoms. The van der Waals surface area contributed by atoms with Crippen LogP contribution in [0.4, 0.5) is 0 Å². The van der Waals surface area contributed by atoms with Gasteiger partial charge < -0.3 is 14.9 Å². The van der Waals surface area contributed by atoms with Crippen LogP contribution < -0.4 is 0 Å². The van der Waals surface area contributed by atoms with Crippen molar-refractivity contribution in [1.82, 2.24) is 4.90 Å². The molecule has 4 atom stereocenters. The number of aryl methyl sites for hydroxylation is 1. The molecular weight excluding hydrogens is 497 g/mol. The molecule has 1 fully saturated rings. The lowest BCUT2D eigenvalue weighted by Crippen LogP contribution is -2.43. The van der Waals surface area contributed by atoms with Gasteiger partial charge in [0.25, 0.3) is 0 Å². The zero-order valence-electron chi connectivity index (χ0n) is 20.4. The van der Waals surface area contributed by atoms with Crippen molar-refractivity contribution in [3.63, 3.8) is 0 Å². The van der Waals surface area contributed by atoms with Crippen molar-refractivity contribution in [3.8, 4) is 0 Å². The van der Waals surface area contributed by atoms with Gasteiger partial charge in [-0.2, -0.15) is 0 Å². The number of rotatable bonds is 8. The minimum atomic E-state index is -0.927. The maximum atomic E-state index is 11.4. The van der Waals surface area contributed by atoms with Gasteiger partial charge in [-0.15, -0.1) is 0 Å². The average Bonchev–Trinajstić information content (AvgIpc) is 2.83. The molecule has 1 aliphatic heterocycles. The second kappa shape index (κ2) is 11.8. The fourth-order valence-corrected chi connectivity index (χ4v) is 5.59. The largest absolute Gasteiger partial charge is 0.478 e. The Morgan fingerprint density at radius 3 is 2.39 bits per heavy atom. The molecule has 1 saturated heterocycles. The SMILES string of the molecule is Cc1cc(C(=O)O)ccc1CN1CCC[C@H](OC(c2cc(Cl)cc(Cl)c2)C(C)O)[C@@H]1c1ccccc1. The van der Waals surface area contributed by atoms with Gasteiger partial charge in [0.05, 0.1) is 23.8 Å². The third kappa shape index (κ3) is 6.28. The minimum absolute atomic E-state index is 0.0468. The molecule has 0 amide bonds. The highest BCUT2D eigenvalue weighted by atomic mass is 35.5. The number of aromatic carboxylic acids is 1. The van der Waals surface area contributed by atoms with E-state index in [1.165, 1.54) is 0 Å². The molecule has 1 aliphatic rings. The summed E-state index contributed by atoms with van der Waals surface area (Å²) in [7, 11) is 0. The highest BCUT2D eigenvalue weighted by Crippen LogP contribution is 2.39. The average molecular weight is 528 g/mol. The van der Waals surface area contributed by atoms with Crippen molar-refractivity contribution >= 4 is 29.2 Å². The van der Waals surface area contributed by atoms with Gasteiger partial charge in [0, 0.05) is 16.6 Å². The normalized spacial score (nSPS) is 20.1. The molecule has 5 nitrogen and oxygen atoms in total. The van der Waals surface area contributed by atoms with E-state index < -0.39 is 18.2 Å². The number of likely N-dealkylation sites (tertiary alicyclic amines) is 1. The van der Waals surface area contributed by atoms with E-state index in [2.05, 4.69) is 17.0 Å². The summed E-state index contributed by atoms with van der Waals surface area (Å²) in [5, 5.41) is 21.0. The quantitative estimate of drug-likeness (QED) is 0.335. The van der Waals surface area contributed by atoms with Crippen LogP contribution in [0.5, 0.6) is 0 Å². The van der Waals surface area contributed by atoms with Crippen molar-refractivity contribution in [2.75, 3.05) is 6.54 Å². The zero-order valence-corrected chi connectivity index (χ0v) is 21.9. The van der Waals surface area contributed by atoms with Crippen molar-refractivity contribution < 1.29 is 19.7 Å². The molecule has 0 aliphatic carbocycles. The molecule has 190 valence electrons. The lowest BCUT2D eigenvalue weighted by Gasteiger charge is -2.43. The van der Waals surface area contributed by atoms with Gasteiger partial charge in [-0.1, -0.05) is 59.6 Å². The van der Waals surface area contributed by atoms with Crippen LogP contribution in [0.3, 0.4) is 0 Å². The molecule has 3 aromatic carbocycles. The lowest BCUT2D eigenvalue weighted by molar-refractivity contribution is -0.120. The molecule has 0 spiro atoms. The number of carboxylic acids is 1. The second-order valence-corrected chi connectivity index (χ2v) is 10.3. The number of hydrogen-bond acceptors (Lipinski definition) is 4. The Balaban J connectivity index is 1.66. The molecule has 1 heterocycles. The molecular formula is C29H31Cl2NO4. The van der Waals surface area contributed by atoms with Gasteiger partial charge in [0.1, 0.15) is 6.10 Å². The number of nitrogens with zero attached hydrogens (tertiary/aromatic N) is 1. The van der Waals surface area contributed by atoms with Gasteiger partial charge in [-0.3, -0.25) is 4.90 Å². The molecule has 0 radical (unpaired) electrons. The smallest absolute Gasteiger partial charge is 0.335 e. The summed E-state index contributed by atoms with van der Waals surface area (Å²) in [5.41, 5.74) is 4.19. The standard InChI is InChI=1S/C29H31Cl2NO4/c1-18-13-21(29(34)35)10-11-22(18)17-32-12-6-9-26(27(32)20-7-4-3-5-8-20)36-28(19(2)33)23-14-24(30)16-25(31)15-23/h3-5,7-8,10-11,13-16,19,26-28,33H,6,9,12,17H2,1-2H3,(H,34,35)/t19?,26-,27-,28?/m0/s1. The minimum Gasteiger partial charge on any atom is -0.478 e. The van der Waals surface area contributed by atoms with Crippen LogP contribution in [0, 0.1) is 6.92 Å². The summed E-state index contributed by atoms with van der Waals surface area (Å²) in [5.74, 6) is -0.927. The molecule has 3 aromatic rings. The van der Waals surface area contributed by atoms with E-state index in [1.54, 1.807) is 37.3 Å². The van der Waals surface area contributed by atoms with Crippen molar-refractivity contribution in [1.29, 1.82) is 0 Å². The summed E-state index contributed by atoms with van der Waals surface area (Å²) in [4.78, 5) is 13.8. The monoisotopic (exact) mass is 527 g/mol. The molecule has 0 saturated carbocycles. The number of hydrogen-bond donors (Lipinski definition) is 2. The van der Waals surface area contributed by atoms with Crippen molar-refractivity contribution in [3.05, 3.63) is 105 Å². The fourth-order valence-electron chi connectivity index (χ4n) is 5.05. The van der Waals surface area contributed by atoms with Crippen LogP contribution in [0.2, 0.25) is 10.0 Å². The predicted octanol–water partition coefficient (Wildman–Crippen LogP) is 6.84. The third-order valence-electron chi connectivity index (χ3n) is 6.76. The molecule has 7 heteroatoms. The first-order valence-corrected chi connectivity index (χ1v) is 12.9. The molecule has 2 unspecified atom stereocenters. The van der Waals surface area contributed by atoms with Gasteiger partial charge >= 0.3 is 5.97 Å². The Morgan fingerprint density at radius 2 is 1.78 bits per heavy atom. The van der Waals surface area contributed by atoms with E-state index in [0.29, 0.717) is 16.6 Å². The second-order valence-electron chi connectivity index (χ2n) is 9.45. The predicted molar refractivity (Wildman–Crippen MR) is 143 cm³/mol. The summed E-state index contributed by atoms with van der Waals surface area (Å²) in [6.07, 6.45) is 0.233. The topological polar surface area (TPSA) is 70.0 Å². The summed E-state index contributed by atoms with van der Waals surface area (Å²) in [6, 6.07) is 20.7. The van der Waals surface area contributed by atoms with E-state index in [1.807, 2.05) is 31.2 Å². The number of piperidine rings is 1. The van der Waals surface area contributed by atoms with Crippen LogP contribution in [-0.4, -0.2) is 39.8 Å². The Morgan fingerprint density at radius 1 is 1.08 bits per heavy atom. The number of halogens is 2. The lowest BCUT2D eigenvalue weighted by atomic mass is 9.90. The molecule has 2 N–H and O–H groups in total. The molecule has 36 heavy (non-hydrogen) atoms. The number of ether oxygens (including phenoxy) is 1. The van der Waals surface area contributed by atoms with Crippen LogP contribution in [0.15, 0.2) is 66.7 Å². The first-order valence-electron chi connectivity index (χ1n) is 12.1. The van der Waals surface area contributed by atoms with Crippen molar-refractivity contribution in [2.24, 2.45) is 0 Å². The number of aliphatic hydroxyl groups excluding tert-OH is 1. The summed E-state index contributed by atoms with van der Waals surface area (Å²) in [6.45, 7) is 5.20. The number of benzene rings is 3. The maximum Gasteiger partial charge on any atom is 0.335 e. The van der Waals surface area contributed by atoms with Crippen LogP contribution in [0.25, 0.3) is 0 Å². The van der Waals surface area contributed by atoms with E-state index in [4.69, 9.17) is 27.9 Å². The summed E-state index contributed by atoms with van der Waals surface area (Å²) < 4.78 is 6.68. The highest BCUT2D eigenvalue weighted by molar-refractivity contribution is 6.34. The Hall–Kier alpha value is -2.41. The van der Waals surface area contributed by atoms with Crippen LogP contribution >= 0.6 is 23.2 Å². The van der Waals surface area contributed by atoms with Gasteiger partial charge in [-0.05, 0) is 85.8 Å². The Bertz CT molecular complexity index is 1180. The number of carbonyl (C=O) groups is 1. The van der Waals surface area contributed by atoms with E-state index in [0.717, 1.165) is 41.6 Å². The third-order valence-corrected chi connectivity index (χ3v) is 7.19. The van der Waals surface area contributed by atoms with Crippen LogP contribution in [0.1, 0.15) is 64.5 Å². The fraction of sp³-hybridized carbons (Fsp3) is 0.345. The first kappa shape index (κ1) is 26.6. The van der Waals surface area contributed by atoms with E-state index in [9.17, 15) is 15.0 Å². The summed E-state index contributed by atoms with van der Waals surface area (Å²) >= 11 is 12.5. The van der Waals surface area contributed by atoms with Gasteiger partial charge in [0.2, 0.25) is 0 Å². The molecule has 4 rings (SSSR count). The van der Waals surface area contributed by atoms with Crippen molar-refractivity contribution in [2.45, 2.75) is 57.6 Å². The zero-order chi connectivity index (χ0) is 25.8. The van der Waals surface area contributed by atoms with E-state index >= 15 is 0 Å². The van der Waals surface area contributed by atoms with Crippen LogP contribution in [-0.2, 0) is 11.3 Å². The maximum absolute atomic E-state index is 11.4. The van der Waals surface area contributed by atoms with E-state index in [-0.39, 0.29) is 17.7 Å². The first-order chi connectivity index (χ1) is 17.2. The Labute approximate surface area is 222 Å². The highest BCUT2D eigenvalue weighted by Gasteiger charge is 2.36. The number of aliphatic hydroxyl groups is 1. The molecule has 0 aromatic heterocycles.